The van der Waals surface area contributed by atoms with Gasteiger partial charge in [-0.1, -0.05) is 6.07 Å². The third kappa shape index (κ3) is 3.24. The van der Waals surface area contributed by atoms with Crippen molar-refractivity contribution in [2.75, 3.05) is 24.6 Å². The molecule has 1 aliphatic heterocycles. The van der Waals surface area contributed by atoms with E-state index in [4.69, 9.17) is 10.5 Å². The lowest BCUT2D eigenvalue weighted by molar-refractivity contribution is 0.313. The molecule has 0 radical (unpaired) electrons. The first-order valence-corrected chi connectivity index (χ1v) is 6.73. The number of aliphatic imine (C=N–C) groups is 1. The van der Waals surface area contributed by atoms with Crippen molar-refractivity contribution in [3.05, 3.63) is 27.8 Å². The van der Waals surface area contributed by atoms with Gasteiger partial charge in [0.15, 0.2) is 0 Å². The van der Waals surface area contributed by atoms with E-state index in [1.807, 2.05) is 0 Å². The maximum atomic E-state index is 5.51. The van der Waals surface area contributed by atoms with Gasteiger partial charge in [0.2, 0.25) is 0 Å². The summed E-state index contributed by atoms with van der Waals surface area (Å²) in [5, 5.41) is 0. The minimum Gasteiger partial charge on any atom is -0.463 e. The number of ether oxygens (including phenoxy) is 1. The molecular weight excluding hydrogens is 329 g/mol. The summed E-state index contributed by atoms with van der Waals surface area (Å²) in [6, 6.07) is 8.91. The molecule has 2 N–H and O–H groups in total. The largest absolute Gasteiger partial charge is 0.463 e. The second kappa shape index (κ2) is 5.57. The van der Waals surface area contributed by atoms with E-state index >= 15 is 0 Å². The molecule has 0 fully saturated rings. The zero-order chi connectivity index (χ0) is 12.3. The van der Waals surface area contributed by atoms with E-state index in [0.29, 0.717) is 12.6 Å². The maximum absolute atomic E-state index is 5.51. The quantitative estimate of drug-likeness (QED) is 0.848. The van der Waals surface area contributed by atoms with Gasteiger partial charge in [-0.3, -0.25) is 0 Å². The monoisotopic (exact) mass is 345 g/mol. The molecule has 0 aromatic heterocycles. The maximum Gasteiger partial charge on any atom is 0.282 e. The number of halogens is 1. The van der Waals surface area contributed by atoms with Crippen LogP contribution in [0.25, 0.3) is 0 Å². The van der Waals surface area contributed by atoms with E-state index in [1.165, 1.54) is 9.26 Å². The van der Waals surface area contributed by atoms with Crippen molar-refractivity contribution in [1.29, 1.82) is 0 Å². The van der Waals surface area contributed by atoms with Gasteiger partial charge in [-0.2, -0.15) is 0 Å². The zero-order valence-corrected chi connectivity index (χ0v) is 11.9. The molecule has 5 heteroatoms. The number of rotatable bonds is 4. The van der Waals surface area contributed by atoms with E-state index in [0.717, 1.165) is 13.1 Å². The molecule has 1 aromatic rings. The predicted octanol–water partition coefficient (Wildman–Crippen LogP) is 1.83. The summed E-state index contributed by atoms with van der Waals surface area (Å²) in [6.45, 7) is 4.53. The molecule has 1 aliphatic rings. The Morgan fingerprint density at radius 1 is 1.59 bits per heavy atom. The summed E-state index contributed by atoms with van der Waals surface area (Å²) < 4.78 is 6.41. The summed E-state index contributed by atoms with van der Waals surface area (Å²) in [4.78, 5) is 6.54. The number of anilines is 1. The molecule has 2 rings (SSSR count). The van der Waals surface area contributed by atoms with Crippen LogP contribution in [0.3, 0.4) is 0 Å². The van der Waals surface area contributed by atoms with E-state index < -0.39 is 0 Å². The normalized spacial score (nSPS) is 18.7. The molecule has 92 valence electrons. The Hall–Kier alpha value is -0.980. The number of hydrogen-bond donors (Lipinski definition) is 1. The third-order valence-electron chi connectivity index (χ3n) is 2.72. The number of hydrogen-bond acceptors (Lipinski definition) is 4. The lowest BCUT2D eigenvalue weighted by Gasteiger charge is -2.24. The number of benzene rings is 1. The molecule has 0 bridgehead atoms. The van der Waals surface area contributed by atoms with Gasteiger partial charge < -0.3 is 15.4 Å². The van der Waals surface area contributed by atoms with Gasteiger partial charge in [0, 0.05) is 22.3 Å². The highest BCUT2D eigenvalue weighted by atomic mass is 127. The summed E-state index contributed by atoms with van der Waals surface area (Å²) in [7, 11) is 0. The van der Waals surface area contributed by atoms with Crippen molar-refractivity contribution in [3.8, 4) is 0 Å². The molecule has 1 unspecified atom stereocenters. The van der Waals surface area contributed by atoms with Gasteiger partial charge in [0.1, 0.15) is 12.6 Å². The molecule has 4 nitrogen and oxygen atoms in total. The first-order chi connectivity index (χ1) is 8.19. The van der Waals surface area contributed by atoms with Crippen LogP contribution in [-0.2, 0) is 4.74 Å². The molecule has 0 aliphatic carbocycles. The summed E-state index contributed by atoms with van der Waals surface area (Å²) in [5.41, 5.74) is 6.74. The van der Waals surface area contributed by atoms with Gasteiger partial charge in [0.25, 0.3) is 6.02 Å². The second-order valence-electron chi connectivity index (χ2n) is 3.95. The van der Waals surface area contributed by atoms with Crippen molar-refractivity contribution in [3.63, 3.8) is 0 Å². The van der Waals surface area contributed by atoms with Gasteiger partial charge in [-0.25, -0.2) is 4.99 Å². The molecule has 0 saturated heterocycles. The fraction of sp³-hybridized carbons (Fsp3) is 0.417. The van der Waals surface area contributed by atoms with Crippen molar-refractivity contribution < 1.29 is 4.74 Å². The van der Waals surface area contributed by atoms with E-state index in [1.54, 1.807) is 0 Å². The van der Waals surface area contributed by atoms with E-state index in [2.05, 4.69) is 63.7 Å². The Bertz CT molecular complexity index is 422. The Kier molecular flexibility index (Phi) is 4.09. The Labute approximate surface area is 115 Å². The van der Waals surface area contributed by atoms with Gasteiger partial charge in [-0.15, -0.1) is 0 Å². The van der Waals surface area contributed by atoms with Crippen LogP contribution in [0.1, 0.15) is 6.92 Å². The highest BCUT2D eigenvalue weighted by Crippen LogP contribution is 2.18. The van der Waals surface area contributed by atoms with Crippen molar-refractivity contribution >= 4 is 34.3 Å². The predicted molar refractivity (Wildman–Crippen MR) is 78.4 cm³/mol. The van der Waals surface area contributed by atoms with Crippen LogP contribution in [0.4, 0.5) is 5.69 Å². The van der Waals surface area contributed by atoms with Crippen molar-refractivity contribution in [2.45, 2.75) is 13.0 Å². The third-order valence-corrected chi connectivity index (χ3v) is 3.39. The minimum atomic E-state index is 0.146. The van der Waals surface area contributed by atoms with Gasteiger partial charge in [-0.05, 0) is 47.7 Å². The van der Waals surface area contributed by atoms with Crippen LogP contribution in [0.5, 0.6) is 0 Å². The highest BCUT2D eigenvalue weighted by molar-refractivity contribution is 14.1. The first kappa shape index (κ1) is 12.5. The average molecular weight is 345 g/mol. The molecular formula is C12H16IN3O. The summed E-state index contributed by atoms with van der Waals surface area (Å²) >= 11 is 2.32. The number of nitrogens with zero attached hydrogens (tertiary/aromatic N) is 2. The topological polar surface area (TPSA) is 50.9 Å². The lowest BCUT2D eigenvalue weighted by atomic mass is 10.2. The van der Waals surface area contributed by atoms with Crippen LogP contribution < -0.4 is 10.6 Å². The zero-order valence-electron chi connectivity index (χ0n) is 9.77. The molecule has 1 aromatic carbocycles. The lowest BCUT2D eigenvalue weighted by Crippen LogP contribution is -2.32. The van der Waals surface area contributed by atoms with Crippen molar-refractivity contribution in [2.24, 2.45) is 10.7 Å². The SMILES string of the molecule is CCN(CC1COC(N)=N1)c1cccc(I)c1. The van der Waals surface area contributed by atoms with Crippen molar-refractivity contribution in [1.82, 2.24) is 0 Å². The van der Waals surface area contributed by atoms with E-state index in [9.17, 15) is 0 Å². The van der Waals surface area contributed by atoms with Crippen LogP contribution in [0.15, 0.2) is 29.3 Å². The standard InChI is InChI=1S/C12H16IN3O/c1-2-16(7-10-8-17-12(14)15-10)11-5-3-4-9(13)6-11/h3-6,10H,2,7-8H2,1H3,(H2,14,15). The fourth-order valence-electron chi connectivity index (χ4n) is 1.87. The Morgan fingerprint density at radius 3 is 3.00 bits per heavy atom. The number of amidine groups is 1. The molecule has 17 heavy (non-hydrogen) atoms. The molecule has 0 saturated carbocycles. The van der Waals surface area contributed by atoms with Gasteiger partial charge in [0.05, 0.1) is 0 Å². The second-order valence-corrected chi connectivity index (χ2v) is 5.20. The summed E-state index contributed by atoms with van der Waals surface area (Å²) in [6.07, 6.45) is 0. The fourth-order valence-corrected chi connectivity index (χ4v) is 2.40. The van der Waals surface area contributed by atoms with Crippen LogP contribution in [-0.4, -0.2) is 31.8 Å². The number of nitrogens with two attached hydrogens (primary N) is 1. The van der Waals surface area contributed by atoms with Gasteiger partial charge >= 0.3 is 0 Å². The molecule has 1 atom stereocenters. The van der Waals surface area contributed by atoms with Crippen LogP contribution in [0, 0.1) is 3.57 Å². The Balaban J connectivity index is 2.06. The first-order valence-electron chi connectivity index (χ1n) is 5.65. The minimum absolute atomic E-state index is 0.146. The van der Waals surface area contributed by atoms with Crippen LogP contribution >= 0.6 is 22.6 Å². The highest BCUT2D eigenvalue weighted by Gasteiger charge is 2.19. The van der Waals surface area contributed by atoms with E-state index in [-0.39, 0.29) is 6.04 Å². The van der Waals surface area contributed by atoms with Crippen LogP contribution in [0.2, 0.25) is 0 Å². The average Bonchev–Trinajstić information content (AvgIpc) is 2.72. The molecule has 0 amide bonds. The molecule has 0 spiro atoms. The Morgan fingerprint density at radius 2 is 2.41 bits per heavy atom. The number of likely N-dealkylation sites (N-methyl/N-ethyl adjacent to an activating group) is 1. The molecule has 1 heterocycles. The smallest absolute Gasteiger partial charge is 0.282 e. The summed E-state index contributed by atoms with van der Waals surface area (Å²) in [5.74, 6) is 0.